The Kier molecular flexibility index (Phi) is 4.77. The summed E-state index contributed by atoms with van der Waals surface area (Å²) in [6, 6.07) is 10.7. The highest BCUT2D eigenvalue weighted by atomic mass is 19.1. The van der Waals surface area contributed by atoms with Crippen LogP contribution in [0.2, 0.25) is 0 Å². The standard InChI is InChI=1S/C16H15FO4/c1-11-10-14(6-7-15(11)17)21-9-8-20-13-4-2-12(3-5-13)16(18)19/h2-7,10H,8-9H2,1H3,(H,18,19). The molecule has 4 nitrogen and oxygen atoms in total. The predicted molar refractivity (Wildman–Crippen MR) is 75.5 cm³/mol. The van der Waals surface area contributed by atoms with Crippen molar-refractivity contribution in [3.8, 4) is 11.5 Å². The Labute approximate surface area is 121 Å². The van der Waals surface area contributed by atoms with Crippen molar-refractivity contribution >= 4 is 5.97 Å². The van der Waals surface area contributed by atoms with E-state index in [1.54, 1.807) is 31.2 Å². The number of carboxylic acids is 1. The Hall–Kier alpha value is -2.56. The van der Waals surface area contributed by atoms with Crippen LogP contribution in [-0.2, 0) is 0 Å². The molecule has 2 aromatic rings. The van der Waals surface area contributed by atoms with Crippen LogP contribution in [0.1, 0.15) is 15.9 Å². The summed E-state index contributed by atoms with van der Waals surface area (Å²) >= 11 is 0. The zero-order valence-corrected chi connectivity index (χ0v) is 11.5. The van der Waals surface area contributed by atoms with Gasteiger partial charge in [-0.3, -0.25) is 0 Å². The van der Waals surface area contributed by atoms with Crippen molar-refractivity contribution in [1.29, 1.82) is 0 Å². The van der Waals surface area contributed by atoms with E-state index in [2.05, 4.69) is 0 Å². The molecule has 0 aliphatic carbocycles. The Balaban J connectivity index is 1.79. The van der Waals surface area contributed by atoms with E-state index < -0.39 is 5.97 Å². The summed E-state index contributed by atoms with van der Waals surface area (Å²) in [6.45, 7) is 2.29. The largest absolute Gasteiger partial charge is 0.490 e. The van der Waals surface area contributed by atoms with Crippen molar-refractivity contribution in [2.24, 2.45) is 0 Å². The maximum Gasteiger partial charge on any atom is 0.335 e. The van der Waals surface area contributed by atoms with Gasteiger partial charge >= 0.3 is 5.97 Å². The molecule has 0 aromatic heterocycles. The molecule has 1 N–H and O–H groups in total. The van der Waals surface area contributed by atoms with E-state index >= 15 is 0 Å². The van der Waals surface area contributed by atoms with Crippen molar-refractivity contribution in [2.75, 3.05) is 13.2 Å². The van der Waals surface area contributed by atoms with Crippen LogP contribution in [0.3, 0.4) is 0 Å². The first-order valence-corrected chi connectivity index (χ1v) is 6.41. The Morgan fingerprint density at radius 3 is 2.19 bits per heavy atom. The van der Waals surface area contributed by atoms with Crippen molar-refractivity contribution in [1.82, 2.24) is 0 Å². The molecule has 110 valence electrons. The summed E-state index contributed by atoms with van der Waals surface area (Å²) in [7, 11) is 0. The lowest BCUT2D eigenvalue weighted by atomic mass is 10.2. The number of ether oxygens (including phenoxy) is 2. The van der Waals surface area contributed by atoms with Crippen LogP contribution < -0.4 is 9.47 Å². The number of carbonyl (C=O) groups is 1. The van der Waals surface area contributed by atoms with Crippen LogP contribution in [0.15, 0.2) is 42.5 Å². The second kappa shape index (κ2) is 6.74. The molecular weight excluding hydrogens is 275 g/mol. The van der Waals surface area contributed by atoms with Gasteiger partial charge in [0.1, 0.15) is 30.5 Å². The SMILES string of the molecule is Cc1cc(OCCOc2ccc(C(=O)O)cc2)ccc1F. The maximum absolute atomic E-state index is 13.1. The molecule has 0 spiro atoms. The number of hydrogen-bond donors (Lipinski definition) is 1. The molecule has 0 atom stereocenters. The van der Waals surface area contributed by atoms with E-state index in [4.69, 9.17) is 14.6 Å². The zero-order chi connectivity index (χ0) is 15.2. The smallest absolute Gasteiger partial charge is 0.335 e. The normalized spacial score (nSPS) is 10.2. The van der Waals surface area contributed by atoms with Crippen LogP contribution in [-0.4, -0.2) is 24.3 Å². The van der Waals surface area contributed by atoms with Gasteiger partial charge in [-0.1, -0.05) is 0 Å². The highest BCUT2D eigenvalue weighted by Crippen LogP contribution is 2.16. The Bertz CT molecular complexity index is 623. The number of aryl methyl sites for hydroxylation is 1. The molecule has 0 aliphatic heterocycles. The van der Waals surface area contributed by atoms with Gasteiger partial charge in [0.15, 0.2) is 0 Å². The lowest BCUT2D eigenvalue weighted by Crippen LogP contribution is -2.09. The molecular formula is C16H15FO4. The monoisotopic (exact) mass is 290 g/mol. The molecule has 0 saturated carbocycles. The Morgan fingerprint density at radius 2 is 1.62 bits per heavy atom. The predicted octanol–water partition coefficient (Wildman–Crippen LogP) is 3.29. The van der Waals surface area contributed by atoms with Gasteiger partial charge in [-0.2, -0.15) is 0 Å². The molecule has 2 aromatic carbocycles. The van der Waals surface area contributed by atoms with Crippen LogP contribution >= 0.6 is 0 Å². The molecule has 0 fully saturated rings. The molecule has 0 heterocycles. The zero-order valence-electron chi connectivity index (χ0n) is 11.5. The fourth-order valence-corrected chi connectivity index (χ4v) is 1.72. The lowest BCUT2D eigenvalue weighted by Gasteiger charge is -2.09. The lowest BCUT2D eigenvalue weighted by molar-refractivity contribution is 0.0697. The van der Waals surface area contributed by atoms with E-state index in [1.165, 1.54) is 18.2 Å². The number of rotatable bonds is 6. The van der Waals surface area contributed by atoms with E-state index in [-0.39, 0.29) is 11.4 Å². The minimum Gasteiger partial charge on any atom is -0.490 e. The van der Waals surface area contributed by atoms with Crippen LogP contribution in [0, 0.1) is 12.7 Å². The number of benzene rings is 2. The van der Waals surface area contributed by atoms with Crippen molar-refractivity contribution in [3.63, 3.8) is 0 Å². The topological polar surface area (TPSA) is 55.8 Å². The first-order chi connectivity index (χ1) is 10.1. The minimum absolute atomic E-state index is 0.209. The highest BCUT2D eigenvalue weighted by Gasteiger charge is 2.03. The van der Waals surface area contributed by atoms with Gasteiger partial charge in [0.05, 0.1) is 5.56 Å². The molecule has 0 aliphatic rings. The van der Waals surface area contributed by atoms with E-state index in [0.29, 0.717) is 30.3 Å². The third-order valence-electron chi connectivity index (χ3n) is 2.85. The highest BCUT2D eigenvalue weighted by molar-refractivity contribution is 5.87. The fourth-order valence-electron chi connectivity index (χ4n) is 1.72. The van der Waals surface area contributed by atoms with Crippen LogP contribution in [0.25, 0.3) is 0 Å². The molecule has 21 heavy (non-hydrogen) atoms. The van der Waals surface area contributed by atoms with Crippen molar-refractivity contribution in [2.45, 2.75) is 6.92 Å². The second-order valence-corrected chi connectivity index (χ2v) is 4.44. The molecule has 0 radical (unpaired) electrons. The molecule has 0 saturated heterocycles. The van der Waals surface area contributed by atoms with Gasteiger partial charge < -0.3 is 14.6 Å². The maximum atomic E-state index is 13.1. The van der Waals surface area contributed by atoms with Gasteiger partial charge in [-0.15, -0.1) is 0 Å². The summed E-state index contributed by atoms with van der Waals surface area (Å²) in [6.07, 6.45) is 0. The van der Waals surface area contributed by atoms with Gasteiger partial charge in [-0.25, -0.2) is 9.18 Å². The van der Waals surface area contributed by atoms with E-state index in [1.807, 2.05) is 0 Å². The molecule has 5 heteroatoms. The van der Waals surface area contributed by atoms with Gasteiger partial charge in [0.25, 0.3) is 0 Å². The molecule has 0 amide bonds. The van der Waals surface area contributed by atoms with Gasteiger partial charge in [0.2, 0.25) is 0 Å². The molecule has 0 unspecified atom stereocenters. The number of aromatic carboxylic acids is 1. The average Bonchev–Trinajstić information content (AvgIpc) is 2.47. The fraction of sp³-hybridized carbons (Fsp3) is 0.188. The van der Waals surface area contributed by atoms with Crippen LogP contribution in [0.4, 0.5) is 4.39 Å². The first kappa shape index (κ1) is 14.8. The van der Waals surface area contributed by atoms with Crippen molar-refractivity contribution in [3.05, 3.63) is 59.4 Å². The summed E-state index contributed by atoms with van der Waals surface area (Å²) in [4.78, 5) is 10.7. The number of halogens is 1. The quantitative estimate of drug-likeness (QED) is 0.829. The van der Waals surface area contributed by atoms with E-state index in [0.717, 1.165) is 0 Å². The third-order valence-corrected chi connectivity index (χ3v) is 2.85. The second-order valence-electron chi connectivity index (χ2n) is 4.44. The summed E-state index contributed by atoms with van der Waals surface area (Å²) < 4.78 is 23.9. The number of carboxylic acid groups (broad SMARTS) is 1. The first-order valence-electron chi connectivity index (χ1n) is 6.41. The summed E-state index contributed by atoms with van der Waals surface area (Å²) in [5, 5.41) is 8.77. The molecule has 2 rings (SSSR count). The van der Waals surface area contributed by atoms with Gasteiger partial charge in [0, 0.05) is 0 Å². The number of hydrogen-bond acceptors (Lipinski definition) is 3. The summed E-state index contributed by atoms with van der Waals surface area (Å²) in [5.74, 6) is -0.0914. The third kappa shape index (κ3) is 4.21. The molecule has 0 bridgehead atoms. The average molecular weight is 290 g/mol. The van der Waals surface area contributed by atoms with Gasteiger partial charge in [-0.05, 0) is 55.0 Å². The summed E-state index contributed by atoms with van der Waals surface area (Å²) in [5.41, 5.74) is 0.734. The van der Waals surface area contributed by atoms with E-state index in [9.17, 15) is 9.18 Å². The van der Waals surface area contributed by atoms with Crippen LogP contribution in [0.5, 0.6) is 11.5 Å². The minimum atomic E-state index is -0.975. The van der Waals surface area contributed by atoms with Crippen molar-refractivity contribution < 1.29 is 23.8 Å². The Morgan fingerprint density at radius 1 is 1.05 bits per heavy atom.